The molecule has 7 heteroatoms. The summed E-state index contributed by atoms with van der Waals surface area (Å²) in [5.41, 5.74) is 0.264. The first-order chi connectivity index (χ1) is 14.0. The molecule has 2 rings (SSSR count). The third-order valence-electron chi connectivity index (χ3n) is 3.75. The van der Waals surface area contributed by atoms with Crippen LogP contribution in [0.15, 0.2) is 36.4 Å². The van der Waals surface area contributed by atoms with Crippen LogP contribution in [0.25, 0.3) is 0 Å². The molecule has 0 aliphatic heterocycles. The van der Waals surface area contributed by atoms with Crippen molar-refractivity contribution in [3.05, 3.63) is 47.5 Å². The fraction of sp³-hybridized carbons (Fsp3) is 0.364. The Kier molecular flexibility index (Phi) is 8.33. The Balaban J connectivity index is 2.25. The molecule has 0 fully saturated rings. The minimum Gasteiger partial charge on any atom is -0.494 e. The first-order valence-corrected chi connectivity index (χ1v) is 9.59. The van der Waals surface area contributed by atoms with Gasteiger partial charge in [0.05, 0.1) is 26.4 Å². The topological polar surface area (TPSA) is 80.3 Å². The van der Waals surface area contributed by atoms with Gasteiger partial charge in [-0.3, -0.25) is 0 Å². The summed E-state index contributed by atoms with van der Waals surface area (Å²) in [5.74, 6) is 0.0459. The monoisotopic (exact) mass is 402 g/mol. The van der Waals surface area contributed by atoms with Gasteiger partial charge in [-0.05, 0) is 52.0 Å². The molecule has 0 unspecified atom stereocenters. The zero-order valence-corrected chi connectivity index (χ0v) is 17.2. The van der Waals surface area contributed by atoms with Crippen molar-refractivity contribution in [2.24, 2.45) is 0 Å². The van der Waals surface area contributed by atoms with Crippen molar-refractivity contribution in [1.29, 1.82) is 0 Å². The highest BCUT2D eigenvalue weighted by Gasteiger charge is 2.22. The molecule has 0 N–H and O–H groups in total. The van der Waals surface area contributed by atoms with E-state index in [0.29, 0.717) is 37.9 Å². The zero-order chi connectivity index (χ0) is 21.2. The average molecular weight is 402 g/mol. The van der Waals surface area contributed by atoms with E-state index in [-0.39, 0.29) is 22.6 Å². The second-order valence-electron chi connectivity index (χ2n) is 5.72. The highest BCUT2D eigenvalue weighted by atomic mass is 16.6. The van der Waals surface area contributed by atoms with Crippen LogP contribution in [0.3, 0.4) is 0 Å². The van der Waals surface area contributed by atoms with Crippen LogP contribution in [0.2, 0.25) is 0 Å². The van der Waals surface area contributed by atoms with Crippen LogP contribution in [0.4, 0.5) is 0 Å². The zero-order valence-electron chi connectivity index (χ0n) is 17.2. The lowest BCUT2D eigenvalue weighted by atomic mass is 10.1. The Labute approximate surface area is 170 Å². The summed E-state index contributed by atoms with van der Waals surface area (Å²) in [6.45, 7) is 8.94. The minimum atomic E-state index is -0.821. The van der Waals surface area contributed by atoms with Crippen LogP contribution in [0.5, 0.6) is 23.0 Å². The third-order valence-corrected chi connectivity index (χ3v) is 3.75. The van der Waals surface area contributed by atoms with Gasteiger partial charge < -0.3 is 23.7 Å². The maximum atomic E-state index is 12.6. The number of carbonyl (C=O) groups excluding carboxylic acids is 2. The first kappa shape index (κ1) is 22.1. The molecule has 2 aromatic rings. The predicted octanol–water partition coefficient (Wildman–Crippen LogP) is 4.28. The predicted molar refractivity (Wildman–Crippen MR) is 107 cm³/mol. The Bertz CT molecular complexity index is 776. The number of benzene rings is 2. The van der Waals surface area contributed by atoms with E-state index in [1.54, 1.807) is 38.1 Å². The normalized spacial score (nSPS) is 10.2. The van der Waals surface area contributed by atoms with Gasteiger partial charge in [-0.2, -0.15) is 0 Å². The minimum absolute atomic E-state index is 0.132. The van der Waals surface area contributed by atoms with Gasteiger partial charge in [0.25, 0.3) is 0 Å². The smallest absolute Gasteiger partial charge is 0.349 e. The molecular formula is C22H26O7. The summed E-state index contributed by atoms with van der Waals surface area (Å²) in [7, 11) is 0. The fourth-order valence-electron chi connectivity index (χ4n) is 2.60. The molecule has 0 bridgehead atoms. The SMILES string of the molecule is CCOc1ccc(C(=O)OC(=O)c2ccc(OCC)cc2OCC)c(OCC)c1. The maximum Gasteiger partial charge on any atom is 0.349 e. The fourth-order valence-corrected chi connectivity index (χ4v) is 2.60. The van der Waals surface area contributed by atoms with Gasteiger partial charge in [0.1, 0.15) is 34.1 Å². The van der Waals surface area contributed by atoms with Gasteiger partial charge >= 0.3 is 11.9 Å². The number of esters is 2. The molecular weight excluding hydrogens is 376 g/mol. The van der Waals surface area contributed by atoms with Crippen LogP contribution in [0, 0.1) is 0 Å². The lowest BCUT2D eigenvalue weighted by Crippen LogP contribution is -2.15. The van der Waals surface area contributed by atoms with E-state index < -0.39 is 11.9 Å². The van der Waals surface area contributed by atoms with Gasteiger partial charge in [-0.1, -0.05) is 0 Å². The van der Waals surface area contributed by atoms with Crippen molar-refractivity contribution < 1.29 is 33.3 Å². The highest BCUT2D eigenvalue weighted by molar-refractivity contribution is 6.05. The molecule has 0 aromatic heterocycles. The summed E-state index contributed by atoms with van der Waals surface area (Å²) < 4.78 is 26.9. The van der Waals surface area contributed by atoms with Crippen LogP contribution in [-0.4, -0.2) is 38.4 Å². The molecule has 0 aliphatic carbocycles. The van der Waals surface area contributed by atoms with Crippen molar-refractivity contribution in [2.45, 2.75) is 27.7 Å². The third kappa shape index (κ3) is 5.88. The molecule has 0 saturated carbocycles. The van der Waals surface area contributed by atoms with E-state index in [0.717, 1.165) is 0 Å². The standard InChI is InChI=1S/C22H26O7/c1-5-25-15-9-11-17(19(13-15)27-7-3)21(23)29-22(24)18-12-10-16(26-6-2)14-20(18)28-8-4/h9-14H,5-8H2,1-4H3. The lowest BCUT2D eigenvalue weighted by molar-refractivity contribution is 0.0393. The van der Waals surface area contributed by atoms with Crippen molar-refractivity contribution in [1.82, 2.24) is 0 Å². The average Bonchev–Trinajstić information content (AvgIpc) is 2.69. The van der Waals surface area contributed by atoms with E-state index in [4.69, 9.17) is 23.7 Å². The molecule has 2 aromatic carbocycles. The molecule has 7 nitrogen and oxygen atoms in total. The molecule has 0 atom stereocenters. The molecule has 0 heterocycles. The van der Waals surface area contributed by atoms with Crippen LogP contribution in [0.1, 0.15) is 48.4 Å². The van der Waals surface area contributed by atoms with E-state index in [2.05, 4.69) is 0 Å². The second-order valence-corrected chi connectivity index (χ2v) is 5.72. The van der Waals surface area contributed by atoms with Crippen LogP contribution in [-0.2, 0) is 4.74 Å². The Morgan fingerprint density at radius 1 is 0.621 bits per heavy atom. The summed E-state index contributed by atoms with van der Waals surface area (Å²) in [5, 5.41) is 0. The quantitative estimate of drug-likeness (QED) is 0.433. The van der Waals surface area contributed by atoms with Gasteiger partial charge in [-0.25, -0.2) is 9.59 Å². The summed E-state index contributed by atoms with van der Waals surface area (Å²) >= 11 is 0. The van der Waals surface area contributed by atoms with Crippen LogP contribution < -0.4 is 18.9 Å². The Morgan fingerprint density at radius 3 is 1.34 bits per heavy atom. The Hall–Kier alpha value is -3.22. The number of ether oxygens (including phenoxy) is 5. The van der Waals surface area contributed by atoms with Crippen LogP contribution >= 0.6 is 0 Å². The maximum absolute atomic E-state index is 12.6. The summed E-state index contributed by atoms with van der Waals surface area (Å²) in [6.07, 6.45) is 0. The highest BCUT2D eigenvalue weighted by Crippen LogP contribution is 2.28. The molecule has 0 radical (unpaired) electrons. The van der Waals surface area contributed by atoms with Crippen molar-refractivity contribution in [3.8, 4) is 23.0 Å². The van der Waals surface area contributed by atoms with Gasteiger partial charge in [0.15, 0.2) is 0 Å². The molecule has 0 saturated heterocycles. The molecule has 156 valence electrons. The number of hydrogen-bond acceptors (Lipinski definition) is 7. The van der Waals surface area contributed by atoms with E-state index >= 15 is 0 Å². The van der Waals surface area contributed by atoms with E-state index in [1.807, 2.05) is 13.8 Å². The molecule has 29 heavy (non-hydrogen) atoms. The van der Waals surface area contributed by atoms with E-state index in [9.17, 15) is 9.59 Å². The largest absolute Gasteiger partial charge is 0.494 e. The van der Waals surface area contributed by atoms with Crippen molar-refractivity contribution in [2.75, 3.05) is 26.4 Å². The lowest BCUT2D eigenvalue weighted by Gasteiger charge is -2.13. The van der Waals surface area contributed by atoms with Crippen molar-refractivity contribution in [3.63, 3.8) is 0 Å². The Morgan fingerprint density at radius 2 is 1.00 bits per heavy atom. The number of hydrogen-bond donors (Lipinski definition) is 0. The first-order valence-electron chi connectivity index (χ1n) is 9.59. The van der Waals surface area contributed by atoms with Gasteiger partial charge in [-0.15, -0.1) is 0 Å². The van der Waals surface area contributed by atoms with Gasteiger partial charge in [0.2, 0.25) is 0 Å². The van der Waals surface area contributed by atoms with E-state index in [1.165, 1.54) is 12.1 Å². The molecule has 0 spiro atoms. The molecule has 0 aliphatic rings. The summed E-state index contributed by atoms with van der Waals surface area (Å²) in [4.78, 5) is 25.2. The number of rotatable bonds is 10. The second kappa shape index (κ2) is 10.9. The van der Waals surface area contributed by atoms with Gasteiger partial charge in [0, 0.05) is 12.1 Å². The number of carbonyl (C=O) groups is 2. The molecule has 0 amide bonds. The van der Waals surface area contributed by atoms with Crippen molar-refractivity contribution >= 4 is 11.9 Å². The summed E-state index contributed by atoms with van der Waals surface area (Å²) in [6, 6.07) is 9.44.